The maximum absolute atomic E-state index is 6.24. The number of halogens is 1. The van der Waals surface area contributed by atoms with Crippen molar-refractivity contribution in [1.29, 1.82) is 0 Å². The van der Waals surface area contributed by atoms with Gasteiger partial charge >= 0.3 is 0 Å². The Morgan fingerprint density at radius 3 is 0.757 bits per heavy atom. The van der Waals surface area contributed by atoms with Gasteiger partial charge in [-0.1, -0.05) is 340 Å². The number of hydrogen-bond acceptors (Lipinski definition) is 6. The second-order valence-corrected chi connectivity index (χ2v) is 25.9. The number of aromatic amines is 1. The Balaban J connectivity index is 0.000000123. The summed E-state index contributed by atoms with van der Waals surface area (Å²) in [5.41, 5.74) is 17.4. The van der Waals surface area contributed by atoms with E-state index in [2.05, 4.69) is 316 Å². The van der Waals surface area contributed by atoms with Gasteiger partial charge in [-0.3, -0.25) is 4.57 Å². The molecule has 8 nitrogen and oxygen atoms in total. The molecule has 0 radical (unpaired) electrons. The van der Waals surface area contributed by atoms with Crippen molar-refractivity contribution in [1.82, 2.24) is 39.5 Å². The first-order chi connectivity index (χ1) is 51.0. The number of rotatable bonds is 9. The minimum absolute atomic E-state index is 0.180. The highest BCUT2D eigenvalue weighted by Gasteiger charge is 2.22. The van der Waals surface area contributed by atoms with Crippen LogP contribution in [0.4, 0.5) is 0 Å². The van der Waals surface area contributed by atoms with Crippen molar-refractivity contribution in [3.05, 3.63) is 369 Å². The third kappa shape index (κ3) is 12.0. The first-order valence-electron chi connectivity index (χ1n) is 34.4. The highest BCUT2D eigenvalue weighted by atomic mass is 35.5. The first-order valence-corrected chi connectivity index (χ1v) is 34.8. The molecule has 0 unspecified atom stereocenters. The summed E-state index contributed by atoms with van der Waals surface area (Å²) in [6.07, 6.45) is 0. The normalized spacial score (nSPS) is 11.3. The molecule has 0 aliphatic heterocycles. The smallest absolute Gasteiger partial charge is 0.238 e. The van der Waals surface area contributed by atoms with Crippen molar-refractivity contribution in [2.24, 2.45) is 0 Å². The summed E-state index contributed by atoms with van der Waals surface area (Å²) in [5, 5.41) is 15.3. The van der Waals surface area contributed by atoms with E-state index < -0.39 is 0 Å². The Morgan fingerprint density at radius 2 is 0.447 bits per heavy atom. The van der Waals surface area contributed by atoms with Crippen LogP contribution in [-0.2, 0) is 0 Å². The van der Waals surface area contributed by atoms with Crippen LogP contribution in [-0.4, -0.2) is 39.5 Å². The van der Waals surface area contributed by atoms with Gasteiger partial charge < -0.3 is 4.98 Å². The highest BCUT2D eigenvalue weighted by molar-refractivity contribution is 6.30. The minimum Gasteiger partial charge on any atom is -0.354 e. The van der Waals surface area contributed by atoms with Crippen LogP contribution >= 0.6 is 11.6 Å². The predicted octanol–water partition coefficient (Wildman–Crippen LogP) is 24.8. The highest BCUT2D eigenvalue weighted by Crippen LogP contribution is 2.42. The van der Waals surface area contributed by atoms with Gasteiger partial charge in [-0.25, -0.2) is 9.97 Å². The van der Waals surface area contributed by atoms with Crippen LogP contribution in [0.25, 0.3) is 183 Å². The summed E-state index contributed by atoms with van der Waals surface area (Å²) in [6.45, 7) is 0. The van der Waals surface area contributed by atoms with Gasteiger partial charge in [0, 0.05) is 54.8 Å². The Hall–Kier alpha value is -13.5. The zero-order valence-corrected chi connectivity index (χ0v) is 56.4. The van der Waals surface area contributed by atoms with Crippen LogP contribution in [0, 0.1) is 0 Å². The molecule has 0 amide bonds. The molecule has 0 saturated heterocycles. The lowest BCUT2D eigenvalue weighted by molar-refractivity contribution is 0.954. The molecule has 4 heterocycles. The molecule has 20 aromatic rings. The molecule has 0 bridgehead atoms. The van der Waals surface area contributed by atoms with Crippen molar-refractivity contribution in [3.63, 3.8) is 0 Å². The number of hydrogen-bond donors (Lipinski definition) is 1. The zero-order valence-electron chi connectivity index (χ0n) is 55.6. The molecular weight excluding hydrogens is 1280 g/mol. The lowest BCUT2D eigenvalue weighted by Gasteiger charge is -2.12. The zero-order chi connectivity index (χ0) is 68.6. The summed E-state index contributed by atoms with van der Waals surface area (Å²) in [4.78, 5) is 32.5. The maximum Gasteiger partial charge on any atom is 0.238 e. The molecule has 1 N–H and O–H groups in total. The molecular formula is C94H61ClN8. The Bertz CT molecular complexity index is 6120. The molecule has 0 saturated carbocycles. The number of nitrogens with zero attached hydrogens (tertiary/aromatic N) is 7. The van der Waals surface area contributed by atoms with E-state index in [1.807, 2.05) is 72.8 Å². The van der Waals surface area contributed by atoms with Crippen molar-refractivity contribution < 1.29 is 0 Å². The predicted molar refractivity (Wildman–Crippen MR) is 428 cm³/mol. The fourth-order valence-electron chi connectivity index (χ4n) is 14.3. The molecule has 0 aliphatic carbocycles. The van der Waals surface area contributed by atoms with Crippen molar-refractivity contribution in [2.45, 2.75) is 0 Å². The number of H-pyrrole nitrogens is 1. The van der Waals surface area contributed by atoms with Crippen molar-refractivity contribution in [2.75, 3.05) is 0 Å². The minimum atomic E-state index is 0.180. The molecule has 4 aromatic heterocycles. The summed E-state index contributed by atoms with van der Waals surface area (Å²) >= 11 is 6.24. The summed E-state index contributed by atoms with van der Waals surface area (Å²) in [7, 11) is 0. The molecule has 20 rings (SSSR count). The Morgan fingerprint density at radius 1 is 0.204 bits per heavy atom. The van der Waals surface area contributed by atoms with E-state index >= 15 is 0 Å². The second-order valence-electron chi connectivity index (χ2n) is 25.5. The van der Waals surface area contributed by atoms with Gasteiger partial charge in [-0.2, -0.15) is 19.9 Å². The van der Waals surface area contributed by atoms with Crippen LogP contribution in [0.1, 0.15) is 0 Å². The monoisotopic (exact) mass is 1340 g/mol. The fourth-order valence-corrected chi connectivity index (χ4v) is 14.5. The number of nitrogens with one attached hydrogen (secondary N) is 1. The van der Waals surface area contributed by atoms with E-state index in [1.165, 1.54) is 97.9 Å². The molecule has 16 aromatic carbocycles. The van der Waals surface area contributed by atoms with E-state index in [9.17, 15) is 0 Å². The average Bonchev–Trinajstić information content (AvgIpc) is 1.57. The molecule has 0 spiro atoms. The van der Waals surface area contributed by atoms with E-state index in [0.717, 1.165) is 55.5 Å². The second kappa shape index (κ2) is 27.0. The van der Waals surface area contributed by atoms with Crippen LogP contribution in [0.2, 0.25) is 5.28 Å². The lowest BCUT2D eigenvalue weighted by atomic mass is 10.00. The molecule has 484 valence electrons. The van der Waals surface area contributed by atoms with E-state index in [0.29, 0.717) is 29.2 Å². The summed E-state index contributed by atoms with van der Waals surface area (Å²) in [6, 6.07) is 127. The van der Waals surface area contributed by atoms with Gasteiger partial charge in [-0.15, -0.1) is 0 Å². The van der Waals surface area contributed by atoms with E-state index in [4.69, 9.17) is 26.6 Å². The van der Waals surface area contributed by atoms with Gasteiger partial charge in [0.15, 0.2) is 23.3 Å². The third-order valence-electron chi connectivity index (χ3n) is 19.4. The van der Waals surface area contributed by atoms with Crippen molar-refractivity contribution in [3.8, 4) is 96.0 Å². The number of aromatic nitrogens is 8. The molecule has 103 heavy (non-hydrogen) atoms. The SMILES string of the molecule is Clc1nc(-c2ccc(-c3ccccc3)cc2)nc(-c2ccc(-c3ccccc3)cc2)n1.c1ccc(-c2ccc(-c3nc(-c4ccc(-c5ccccc5)cc4)nc(-n4c5ccc6ccccc6c5c5c6ccccc6ccc54)n3)cc2)cc1.c1ccc2c(c1)ccc1[nH]c3ccc4ccccc4c3c12. The summed E-state index contributed by atoms with van der Waals surface area (Å²) < 4.78 is 2.22. The first kappa shape index (κ1) is 61.8. The Kier molecular flexibility index (Phi) is 16.2. The van der Waals surface area contributed by atoms with Crippen LogP contribution in [0.5, 0.6) is 0 Å². The number of fused-ring (bicyclic) bond motifs is 14. The number of benzene rings is 16. The standard InChI is InChI=1S/C47H30N4.C27H18ClN3.C20H13N/c1-3-11-31(12-4-1)33-19-23-37(24-20-33)45-48-46(38-25-21-34(22-26-38)32-13-5-2-6-14-32)50-47(49-45)51-41-29-27-35-15-7-9-17-39(35)43(41)44-40-18-10-8-16-36(40)28-30-42(44)51;28-27-30-25(23-15-11-21(12-16-23)19-7-3-1-4-8-19)29-26(31-27)24-17-13-22(14-18-24)20-9-5-2-6-10-20;1-3-7-15-13(5-1)9-11-17-19(15)20-16-8-4-2-6-14(16)10-12-18(20)21-17/h1-30H;1-18H;1-12,21H. The van der Waals surface area contributed by atoms with Crippen LogP contribution in [0.15, 0.2) is 364 Å². The van der Waals surface area contributed by atoms with Gasteiger partial charge in [0.05, 0.1) is 11.0 Å². The maximum atomic E-state index is 6.24. The topological polar surface area (TPSA) is 98.1 Å². The lowest BCUT2D eigenvalue weighted by Crippen LogP contribution is -2.06. The molecule has 0 fully saturated rings. The van der Waals surface area contributed by atoms with Gasteiger partial charge in [-0.05, 0) is 123 Å². The van der Waals surface area contributed by atoms with Gasteiger partial charge in [0.2, 0.25) is 11.2 Å². The van der Waals surface area contributed by atoms with Crippen molar-refractivity contribution >= 4 is 98.3 Å². The third-order valence-corrected chi connectivity index (χ3v) is 19.5. The van der Waals surface area contributed by atoms with Crippen LogP contribution < -0.4 is 0 Å². The van der Waals surface area contributed by atoms with Crippen LogP contribution in [0.3, 0.4) is 0 Å². The largest absolute Gasteiger partial charge is 0.354 e. The molecule has 0 aliphatic rings. The van der Waals surface area contributed by atoms with E-state index in [1.54, 1.807) is 0 Å². The quantitative estimate of drug-likeness (QED) is 0.155. The van der Waals surface area contributed by atoms with E-state index in [-0.39, 0.29) is 5.28 Å². The van der Waals surface area contributed by atoms with Gasteiger partial charge in [0.1, 0.15) is 0 Å². The fraction of sp³-hybridized carbons (Fsp3) is 0. The Labute approximate surface area is 599 Å². The van der Waals surface area contributed by atoms with Gasteiger partial charge in [0.25, 0.3) is 0 Å². The molecule has 9 heteroatoms. The average molecular weight is 1340 g/mol. The molecule has 0 atom stereocenters. The summed E-state index contributed by atoms with van der Waals surface area (Å²) in [5.74, 6) is 2.94.